The molecule has 2 N–H and O–H groups in total. The molecule has 1 aliphatic heterocycles. The summed E-state index contributed by atoms with van der Waals surface area (Å²) in [4.78, 5) is 41.3. The number of ether oxygens (including phenoxy) is 13. The van der Waals surface area contributed by atoms with Gasteiger partial charge in [-0.1, -0.05) is 0 Å². The number of hydrogen-bond acceptors (Lipinski definition) is 18. The molecule has 18 heteroatoms. The first kappa shape index (κ1) is 40.9. The van der Waals surface area contributed by atoms with Crippen molar-refractivity contribution in [1.29, 1.82) is 0 Å². The molecule has 0 amide bonds. The molecule has 1 saturated heterocycles. The molecule has 4 rings (SSSR count). The highest BCUT2D eigenvalue weighted by atomic mass is 16.7. The minimum Gasteiger partial charge on any atom is -0.493 e. The molecular formula is C36H42O18. The number of rotatable bonds is 16. The van der Waals surface area contributed by atoms with Crippen LogP contribution in [0.25, 0.3) is 0 Å². The number of benzene rings is 3. The van der Waals surface area contributed by atoms with Crippen LogP contribution in [0.4, 0.5) is 0 Å². The molecular weight excluding hydrogens is 720 g/mol. The lowest BCUT2D eigenvalue weighted by atomic mass is 9.98. The van der Waals surface area contributed by atoms with E-state index in [1.54, 1.807) is 0 Å². The van der Waals surface area contributed by atoms with E-state index in [1.165, 1.54) is 100 Å². The maximum Gasteiger partial charge on any atom is 0.340 e. The maximum atomic E-state index is 13.8. The molecule has 0 spiro atoms. The van der Waals surface area contributed by atoms with Crippen LogP contribution in [-0.2, 0) is 18.9 Å². The van der Waals surface area contributed by atoms with Gasteiger partial charge in [-0.05, 0) is 36.4 Å². The fourth-order valence-corrected chi connectivity index (χ4v) is 5.55. The van der Waals surface area contributed by atoms with Gasteiger partial charge in [0.25, 0.3) is 0 Å². The van der Waals surface area contributed by atoms with Gasteiger partial charge in [-0.2, -0.15) is 0 Å². The first-order chi connectivity index (χ1) is 26.0. The lowest BCUT2D eigenvalue weighted by Gasteiger charge is -2.42. The van der Waals surface area contributed by atoms with Crippen molar-refractivity contribution in [2.24, 2.45) is 0 Å². The van der Waals surface area contributed by atoms with Gasteiger partial charge in [0, 0.05) is 0 Å². The Balaban J connectivity index is 1.81. The molecule has 1 heterocycles. The van der Waals surface area contributed by atoms with Crippen LogP contribution in [0.2, 0.25) is 0 Å². The predicted molar refractivity (Wildman–Crippen MR) is 184 cm³/mol. The number of aliphatic hydroxyl groups is 2. The Labute approximate surface area is 310 Å². The summed E-state index contributed by atoms with van der Waals surface area (Å²) in [6.45, 7) is -0.842. The highest BCUT2D eigenvalue weighted by Gasteiger charge is 2.52. The van der Waals surface area contributed by atoms with E-state index in [0.717, 1.165) is 0 Å². The third-order valence-electron chi connectivity index (χ3n) is 8.21. The van der Waals surface area contributed by atoms with E-state index in [4.69, 9.17) is 61.6 Å². The summed E-state index contributed by atoms with van der Waals surface area (Å²) in [5.41, 5.74) is -0.405. The van der Waals surface area contributed by atoms with E-state index in [1.807, 2.05) is 0 Å². The summed E-state index contributed by atoms with van der Waals surface area (Å²) in [5, 5.41) is 21.6. The molecule has 3 aromatic carbocycles. The Morgan fingerprint density at radius 2 is 0.796 bits per heavy atom. The zero-order valence-corrected chi connectivity index (χ0v) is 31.0. The maximum absolute atomic E-state index is 13.8. The van der Waals surface area contributed by atoms with Crippen molar-refractivity contribution in [1.82, 2.24) is 0 Å². The second-order valence-electron chi connectivity index (χ2n) is 11.1. The molecule has 0 aromatic heterocycles. The molecule has 3 aromatic rings. The van der Waals surface area contributed by atoms with Crippen molar-refractivity contribution in [3.8, 4) is 51.7 Å². The minimum atomic E-state index is -1.90. The van der Waals surface area contributed by atoms with Gasteiger partial charge in [0.15, 0.2) is 40.6 Å². The fourth-order valence-electron chi connectivity index (χ4n) is 5.55. The van der Waals surface area contributed by atoms with Crippen molar-refractivity contribution < 1.29 is 86.2 Å². The molecule has 18 nitrogen and oxygen atoms in total. The first-order valence-corrected chi connectivity index (χ1v) is 15.9. The highest BCUT2D eigenvalue weighted by molar-refractivity contribution is 5.93. The quantitative estimate of drug-likeness (QED) is 0.158. The average Bonchev–Trinajstić information content (AvgIpc) is 3.20. The monoisotopic (exact) mass is 762 g/mol. The number of carbonyl (C=O) groups excluding carboxylic acids is 3. The summed E-state index contributed by atoms with van der Waals surface area (Å²) in [7, 11) is 12.2. The van der Waals surface area contributed by atoms with Gasteiger partial charge >= 0.3 is 17.9 Å². The first-order valence-electron chi connectivity index (χ1n) is 15.9. The van der Waals surface area contributed by atoms with Crippen LogP contribution in [0.5, 0.6) is 51.7 Å². The normalized spacial score (nSPS) is 19.1. The molecule has 0 radical (unpaired) electrons. The molecule has 0 unspecified atom stereocenters. The molecule has 0 saturated carbocycles. The fraction of sp³-hybridized carbons (Fsp3) is 0.417. The Bertz CT molecular complexity index is 1730. The summed E-state index contributed by atoms with van der Waals surface area (Å²) in [5.74, 6) is -2.05. The van der Waals surface area contributed by atoms with Gasteiger partial charge in [-0.25, -0.2) is 14.4 Å². The Hall–Kier alpha value is -5.85. The number of methoxy groups -OCH3 is 9. The Morgan fingerprint density at radius 1 is 0.500 bits per heavy atom. The predicted octanol–water partition coefficient (Wildman–Crippen LogP) is 2.45. The van der Waals surface area contributed by atoms with Gasteiger partial charge in [0.05, 0.1) is 87.3 Å². The van der Waals surface area contributed by atoms with Gasteiger partial charge in [0.1, 0.15) is 12.2 Å². The second-order valence-corrected chi connectivity index (χ2v) is 11.1. The molecule has 1 aliphatic rings. The van der Waals surface area contributed by atoms with E-state index >= 15 is 0 Å². The average molecular weight is 763 g/mol. The second kappa shape index (κ2) is 18.3. The molecule has 54 heavy (non-hydrogen) atoms. The van der Waals surface area contributed by atoms with Crippen molar-refractivity contribution >= 4 is 17.9 Å². The lowest BCUT2D eigenvalue weighted by molar-refractivity contribution is -0.283. The van der Waals surface area contributed by atoms with Gasteiger partial charge < -0.3 is 71.8 Å². The molecule has 0 aliphatic carbocycles. The summed E-state index contributed by atoms with van der Waals surface area (Å²) in [6, 6.07) is 7.74. The van der Waals surface area contributed by atoms with Crippen LogP contribution in [-0.4, -0.2) is 129 Å². The zero-order chi connectivity index (χ0) is 39.7. The van der Waals surface area contributed by atoms with E-state index in [2.05, 4.69) is 0 Å². The van der Waals surface area contributed by atoms with Gasteiger partial charge in [-0.15, -0.1) is 0 Å². The molecule has 294 valence electrons. The van der Waals surface area contributed by atoms with Crippen LogP contribution < -0.4 is 42.6 Å². The van der Waals surface area contributed by atoms with Gasteiger partial charge in [0.2, 0.25) is 29.6 Å². The zero-order valence-electron chi connectivity index (χ0n) is 31.0. The van der Waals surface area contributed by atoms with Crippen LogP contribution >= 0.6 is 0 Å². The third kappa shape index (κ3) is 8.35. The van der Waals surface area contributed by atoms with Crippen LogP contribution in [0.1, 0.15) is 31.1 Å². The smallest absolute Gasteiger partial charge is 0.340 e. The summed E-state index contributed by atoms with van der Waals surface area (Å²) in [6.07, 6.45) is -8.95. The van der Waals surface area contributed by atoms with E-state index < -0.39 is 55.2 Å². The molecule has 5 atom stereocenters. The van der Waals surface area contributed by atoms with Gasteiger partial charge in [-0.3, -0.25) is 0 Å². The number of hydrogen-bond donors (Lipinski definition) is 2. The number of carbonyl (C=O) groups is 3. The minimum absolute atomic E-state index is 0.0971. The summed E-state index contributed by atoms with van der Waals surface area (Å²) >= 11 is 0. The van der Waals surface area contributed by atoms with Crippen molar-refractivity contribution in [2.45, 2.75) is 30.7 Å². The topological polar surface area (TPSA) is 212 Å². The molecule has 1 fully saturated rings. The lowest BCUT2D eigenvalue weighted by Crippen LogP contribution is -2.62. The van der Waals surface area contributed by atoms with Crippen LogP contribution in [0.3, 0.4) is 0 Å². The van der Waals surface area contributed by atoms with Crippen molar-refractivity contribution in [3.63, 3.8) is 0 Å². The van der Waals surface area contributed by atoms with Crippen LogP contribution in [0.15, 0.2) is 36.4 Å². The van der Waals surface area contributed by atoms with E-state index in [-0.39, 0.29) is 68.4 Å². The SMILES string of the molecule is COc1cc(C(=O)O[C@@H]2O[C@H](CO)[C@@H](O)[C@H](OC(=O)c3cc(OC)c(OC)c(OC)c3)[C@H]2OC(=O)c2cc(OC)c(OC)c(OC)c2)cc(OC)c1OC. The Kier molecular flexibility index (Phi) is 13.8. The standard InChI is InChI=1S/C36H42O18/c1-42-20-10-17(11-21(43-2)28(20)48-7)33(39)52-31-27(38)26(16-37)51-36(54-35(41)19-14-24(46-5)30(50-9)25(15-19)47-6)32(31)53-34(40)18-12-22(44-3)29(49-8)23(13-18)45-4/h10-15,26-27,31-32,36-38H,16H2,1-9H3/t26-,27-,31+,32-,36+/m1/s1. The highest BCUT2D eigenvalue weighted by Crippen LogP contribution is 2.41. The largest absolute Gasteiger partial charge is 0.493 e. The van der Waals surface area contributed by atoms with E-state index in [0.29, 0.717) is 0 Å². The number of aliphatic hydroxyl groups excluding tert-OH is 2. The van der Waals surface area contributed by atoms with Crippen molar-refractivity contribution in [2.75, 3.05) is 70.6 Å². The van der Waals surface area contributed by atoms with E-state index in [9.17, 15) is 24.6 Å². The third-order valence-corrected chi connectivity index (χ3v) is 8.21. The van der Waals surface area contributed by atoms with Crippen molar-refractivity contribution in [3.05, 3.63) is 53.1 Å². The molecule has 0 bridgehead atoms. The Morgan fingerprint density at radius 3 is 1.07 bits per heavy atom. The summed E-state index contributed by atoms with van der Waals surface area (Å²) < 4.78 is 71.1. The number of esters is 3. The van der Waals surface area contributed by atoms with Crippen LogP contribution in [0, 0.1) is 0 Å².